The normalized spacial score (nSPS) is 22.8. The predicted molar refractivity (Wildman–Crippen MR) is 116 cm³/mol. The van der Waals surface area contributed by atoms with Crippen LogP contribution in [-0.4, -0.2) is 22.6 Å². The van der Waals surface area contributed by atoms with Crippen LogP contribution in [0.4, 0.5) is 0 Å². The largest absolute Gasteiger partial charge is 0.298 e. The van der Waals surface area contributed by atoms with Gasteiger partial charge in [0.05, 0.1) is 31.4 Å². The van der Waals surface area contributed by atoms with Gasteiger partial charge in [-0.1, -0.05) is 48.5 Å². The Bertz CT molecular complexity index is 1660. The zero-order valence-electron chi connectivity index (χ0n) is 16.4. The fourth-order valence-corrected chi connectivity index (χ4v) is 9.21. The van der Waals surface area contributed by atoms with E-state index in [0.29, 0.717) is 27.6 Å². The highest BCUT2D eigenvalue weighted by Crippen LogP contribution is 2.56. The summed E-state index contributed by atoms with van der Waals surface area (Å²) in [4.78, 5) is 14.6. The number of sulfone groups is 2. The van der Waals surface area contributed by atoms with Gasteiger partial charge in [0.15, 0.2) is 5.78 Å². The maximum atomic E-state index is 14.1. The number of rotatable bonds is 0. The van der Waals surface area contributed by atoms with Crippen LogP contribution in [0.5, 0.6) is 0 Å². The number of carbonyl (C=O) groups excluding carboxylic acids is 1. The van der Waals surface area contributed by atoms with E-state index in [-0.39, 0.29) is 25.4 Å². The summed E-state index contributed by atoms with van der Waals surface area (Å²) in [5.74, 6) is -1.73. The average Bonchev–Trinajstić information content (AvgIpc) is 2.78. The first-order chi connectivity index (χ1) is 15.3. The molecule has 7 heteroatoms. The first-order valence-corrected chi connectivity index (χ1v) is 13.1. The second kappa shape index (κ2) is 5.54. The molecule has 0 fully saturated rings. The summed E-state index contributed by atoms with van der Waals surface area (Å²) in [7, 11) is -7.68. The summed E-state index contributed by atoms with van der Waals surface area (Å²) in [6, 6.07) is 19.7. The molecule has 0 bridgehead atoms. The summed E-state index contributed by atoms with van der Waals surface area (Å²) < 4.78 is 53.9. The van der Waals surface area contributed by atoms with Gasteiger partial charge >= 0.3 is 0 Å². The molecule has 0 radical (unpaired) electrons. The third kappa shape index (κ3) is 1.89. The van der Waals surface area contributed by atoms with Gasteiger partial charge in [-0.15, -0.1) is 0 Å². The number of fused-ring (bicyclic) bond motifs is 4. The Balaban J connectivity index is 1.76. The molecule has 3 aliphatic rings. The van der Waals surface area contributed by atoms with Crippen molar-refractivity contribution in [2.45, 2.75) is 31.4 Å². The molecule has 156 valence electrons. The summed E-state index contributed by atoms with van der Waals surface area (Å²) in [5.41, 5.74) is 1.74. The van der Waals surface area contributed by atoms with Gasteiger partial charge in [0.1, 0.15) is 0 Å². The molecule has 32 heavy (non-hydrogen) atoms. The van der Waals surface area contributed by atoms with E-state index in [9.17, 15) is 21.6 Å². The quantitative estimate of drug-likeness (QED) is 0.398. The number of Topliss-reactive ketones (excluding diaryl/α,β-unsaturated/α-hetero) is 1. The number of hydrogen-bond donors (Lipinski definition) is 0. The van der Waals surface area contributed by atoms with Crippen LogP contribution in [-0.2, 0) is 24.5 Å². The van der Waals surface area contributed by atoms with E-state index in [0.717, 1.165) is 5.39 Å². The molecule has 0 spiro atoms. The lowest BCUT2D eigenvalue weighted by molar-refractivity contribution is -0.120. The van der Waals surface area contributed by atoms with Crippen LogP contribution in [0.1, 0.15) is 34.1 Å². The van der Waals surface area contributed by atoms with Gasteiger partial charge in [-0.25, -0.2) is 16.8 Å². The molecule has 0 saturated carbocycles. The van der Waals surface area contributed by atoms with E-state index < -0.39 is 31.5 Å². The van der Waals surface area contributed by atoms with Crippen molar-refractivity contribution in [2.75, 3.05) is 0 Å². The smallest absolute Gasteiger partial charge is 0.207 e. The molecule has 1 aliphatic carbocycles. The highest BCUT2D eigenvalue weighted by Gasteiger charge is 2.50. The number of benzene rings is 4. The van der Waals surface area contributed by atoms with Crippen LogP contribution in [0.2, 0.25) is 0 Å². The van der Waals surface area contributed by atoms with E-state index >= 15 is 0 Å². The minimum Gasteiger partial charge on any atom is -0.298 e. The molecule has 2 aliphatic heterocycles. The van der Waals surface area contributed by atoms with Crippen molar-refractivity contribution in [3.8, 4) is 0 Å². The van der Waals surface area contributed by atoms with E-state index in [2.05, 4.69) is 0 Å². The standard InChI is InChI=1S/C25H14O5S2/c26-25-21-14-5-1-3-7-16(14)31(27,28)18-11-9-13-10-12-19-24(20(13)23(18)21)22(25)15-6-2-4-8-17(15)32(19,29)30/h1-12,21-22H. The summed E-state index contributed by atoms with van der Waals surface area (Å²) in [6.07, 6.45) is 0. The Morgan fingerprint density at radius 1 is 0.531 bits per heavy atom. The highest BCUT2D eigenvalue weighted by atomic mass is 32.2. The molecule has 4 aromatic rings. The molecule has 0 saturated heterocycles. The van der Waals surface area contributed by atoms with Crippen LogP contribution in [0.25, 0.3) is 10.8 Å². The minimum absolute atomic E-state index is 0.0881. The highest BCUT2D eigenvalue weighted by molar-refractivity contribution is 7.92. The van der Waals surface area contributed by atoms with Crippen molar-refractivity contribution >= 4 is 36.2 Å². The Hall–Kier alpha value is -3.29. The monoisotopic (exact) mass is 458 g/mol. The van der Waals surface area contributed by atoms with Gasteiger partial charge in [0.2, 0.25) is 19.7 Å². The van der Waals surface area contributed by atoms with Crippen molar-refractivity contribution in [1.29, 1.82) is 0 Å². The van der Waals surface area contributed by atoms with Crippen molar-refractivity contribution in [3.05, 3.63) is 95.1 Å². The zero-order chi connectivity index (χ0) is 22.0. The molecule has 5 nitrogen and oxygen atoms in total. The number of carbonyl (C=O) groups is 1. The fourth-order valence-electron chi connectivity index (χ4n) is 5.71. The first-order valence-electron chi connectivity index (χ1n) is 10.1. The molecule has 2 atom stereocenters. The Kier molecular flexibility index (Phi) is 3.17. The fraction of sp³-hybridized carbons (Fsp3) is 0.0800. The third-order valence-electron chi connectivity index (χ3n) is 6.95. The average molecular weight is 459 g/mol. The Labute approximate surface area is 184 Å². The van der Waals surface area contributed by atoms with E-state index in [4.69, 9.17) is 0 Å². The van der Waals surface area contributed by atoms with Crippen molar-refractivity contribution < 1.29 is 21.6 Å². The van der Waals surface area contributed by atoms with Gasteiger partial charge < -0.3 is 0 Å². The van der Waals surface area contributed by atoms with Crippen LogP contribution in [0.3, 0.4) is 0 Å². The second-order valence-electron chi connectivity index (χ2n) is 8.40. The number of hydrogen-bond acceptors (Lipinski definition) is 5. The van der Waals surface area contributed by atoms with Gasteiger partial charge in [0.25, 0.3) is 0 Å². The Morgan fingerprint density at radius 2 is 0.969 bits per heavy atom. The topological polar surface area (TPSA) is 85.3 Å². The summed E-state index contributed by atoms with van der Waals surface area (Å²) in [5, 5.41) is 1.31. The first kappa shape index (κ1) is 18.3. The van der Waals surface area contributed by atoms with Crippen LogP contribution in [0.15, 0.2) is 92.4 Å². The third-order valence-corrected chi connectivity index (χ3v) is 10.7. The van der Waals surface area contributed by atoms with Crippen LogP contribution in [0, 0.1) is 0 Å². The van der Waals surface area contributed by atoms with Crippen molar-refractivity contribution in [1.82, 2.24) is 0 Å². The second-order valence-corrected chi connectivity index (χ2v) is 12.2. The predicted octanol–water partition coefficient (Wildman–Crippen LogP) is 3.98. The van der Waals surface area contributed by atoms with Gasteiger partial charge in [-0.2, -0.15) is 0 Å². The van der Waals surface area contributed by atoms with Gasteiger partial charge in [0, 0.05) is 0 Å². The number of ketones is 1. The lowest BCUT2D eigenvalue weighted by Crippen LogP contribution is -2.35. The zero-order valence-corrected chi connectivity index (χ0v) is 18.1. The van der Waals surface area contributed by atoms with Crippen molar-refractivity contribution in [2.24, 2.45) is 0 Å². The SMILES string of the molecule is O=C1C2c3ccccc3S(=O)(=O)c3ccc4ccc5c(c4c32)C1c1ccccc1S5(=O)=O. The van der Waals surface area contributed by atoms with Crippen LogP contribution >= 0.6 is 0 Å². The molecule has 2 unspecified atom stereocenters. The maximum Gasteiger partial charge on any atom is 0.207 e. The van der Waals surface area contributed by atoms with Gasteiger partial charge in [-0.05, 0) is 57.3 Å². The molecule has 4 aromatic carbocycles. The minimum atomic E-state index is -3.84. The molecule has 7 rings (SSSR count). The van der Waals surface area contributed by atoms with Crippen molar-refractivity contribution in [3.63, 3.8) is 0 Å². The van der Waals surface area contributed by atoms with E-state index in [1.54, 1.807) is 60.7 Å². The molecule has 2 heterocycles. The molecular formula is C25H14O5S2. The van der Waals surface area contributed by atoms with E-state index in [1.807, 2.05) is 0 Å². The summed E-state index contributed by atoms with van der Waals surface area (Å²) in [6.45, 7) is 0. The molecule has 0 amide bonds. The lowest BCUT2D eigenvalue weighted by Gasteiger charge is -2.39. The maximum absolute atomic E-state index is 14.1. The molecular weight excluding hydrogens is 444 g/mol. The lowest BCUT2D eigenvalue weighted by atomic mass is 9.69. The van der Waals surface area contributed by atoms with Gasteiger partial charge in [-0.3, -0.25) is 4.79 Å². The molecule has 0 N–H and O–H groups in total. The summed E-state index contributed by atoms with van der Waals surface area (Å²) >= 11 is 0. The Morgan fingerprint density at radius 3 is 1.44 bits per heavy atom. The van der Waals surface area contributed by atoms with Crippen LogP contribution < -0.4 is 0 Å². The van der Waals surface area contributed by atoms with E-state index in [1.165, 1.54) is 12.1 Å². The molecule has 0 aromatic heterocycles.